The zero-order valence-corrected chi connectivity index (χ0v) is 18.6. The van der Waals surface area contributed by atoms with Crippen LogP contribution in [0.1, 0.15) is 22.6 Å². The summed E-state index contributed by atoms with van der Waals surface area (Å²) in [5.74, 6) is 0.959. The molecule has 34 heavy (non-hydrogen) atoms. The molecule has 164 valence electrons. The Hall–Kier alpha value is -4.52. The maximum atomic E-state index is 4.91. The lowest BCUT2D eigenvalue weighted by molar-refractivity contribution is 0.681. The van der Waals surface area contributed by atoms with E-state index >= 15 is 0 Å². The SMILES string of the molecule is CN1CN(c2cccc(C3(c4ccn[nH]4)c4ncccc4-c4cccnc43)c2)c2ncccc21. The van der Waals surface area contributed by atoms with Crippen LogP contribution < -0.4 is 9.80 Å². The average Bonchev–Trinajstić information content (AvgIpc) is 3.61. The van der Waals surface area contributed by atoms with E-state index in [2.05, 4.69) is 74.5 Å². The van der Waals surface area contributed by atoms with Gasteiger partial charge in [-0.25, -0.2) is 4.98 Å². The summed E-state index contributed by atoms with van der Waals surface area (Å²) in [6.45, 7) is 0.733. The van der Waals surface area contributed by atoms with Gasteiger partial charge in [0.1, 0.15) is 5.41 Å². The highest BCUT2D eigenvalue weighted by Crippen LogP contribution is 2.54. The standard InChI is InChI=1S/C27H21N7/c1-33-17-34(26-22(33)10-5-14-30-26)19-7-2-6-18(16-19)27(23-11-15-31-32-23)24-20(8-3-12-28-24)21-9-4-13-29-25(21)27/h2-16H,17H2,1H3,(H,31,32). The van der Waals surface area contributed by atoms with E-state index in [1.165, 1.54) is 0 Å². The van der Waals surface area contributed by atoms with Crippen molar-refractivity contribution in [1.82, 2.24) is 25.1 Å². The summed E-state index contributed by atoms with van der Waals surface area (Å²) in [5, 5.41) is 7.56. The van der Waals surface area contributed by atoms with E-state index in [1.807, 2.05) is 42.9 Å². The number of pyridine rings is 3. The van der Waals surface area contributed by atoms with Gasteiger partial charge >= 0.3 is 0 Å². The number of nitrogens with zero attached hydrogens (tertiary/aromatic N) is 6. The molecular weight excluding hydrogens is 422 g/mol. The van der Waals surface area contributed by atoms with Crippen molar-refractivity contribution in [2.24, 2.45) is 0 Å². The minimum Gasteiger partial charge on any atom is -0.354 e. The van der Waals surface area contributed by atoms with Gasteiger partial charge < -0.3 is 9.80 Å². The molecule has 0 fully saturated rings. The maximum Gasteiger partial charge on any atom is 0.158 e. The molecule has 2 aliphatic rings. The minimum atomic E-state index is -0.696. The Bertz CT molecular complexity index is 1480. The van der Waals surface area contributed by atoms with Crippen LogP contribution in [0.4, 0.5) is 17.2 Å². The molecule has 0 amide bonds. The van der Waals surface area contributed by atoms with Crippen LogP contribution in [0.15, 0.2) is 91.5 Å². The molecule has 0 saturated heterocycles. The molecule has 4 aromatic heterocycles. The molecule has 0 bridgehead atoms. The first kappa shape index (κ1) is 19.0. The normalized spacial score (nSPS) is 15.2. The third-order valence-electron chi connectivity index (χ3n) is 6.90. The molecule has 7 heteroatoms. The second kappa shape index (κ2) is 6.99. The largest absolute Gasteiger partial charge is 0.354 e. The van der Waals surface area contributed by atoms with Gasteiger partial charge in [-0.15, -0.1) is 0 Å². The highest BCUT2D eigenvalue weighted by atomic mass is 15.4. The van der Waals surface area contributed by atoms with Gasteiger partial charge in [-0.3, -0.25) is 15.1 Å². The van der Waals surface area contributed by atoms with Crippen molar-refractivity contribution in [2.75, 3.05) is 23.5 Å². The molecule has 1 N–H and O–H groups in total. The van der Waals surface area contributed by atoms with Gasteiger partial charge in [0.25, 0.3) is 0 Å². The molecule has 1 aromatic carbocycles. The number of rotatable bonds is 3. The van der Waals surface area contributed by atoms with E-state index in [-0.39, 0.29) is 0 Å². The molecule has 7 rings (SSSR count). The Balaban J connectivity index is 1.50. The number of H-pyrrole nitrogens is 1. The van der Waals surface area contributed by atoms with Gasteiger partial charge in [0.2, 0.25) is 0 Å². The zero-order chi connectivity index (χ0) is 22.7. The third kappa shape index (κ3) is 2.41. The number of fused-ring (bicyclic) bond motifs is 4. The molecular formula is C27H21N7. The molecule has 1 aliphatic carbocycles. The molecule has 0 spiro atoms. The Morgan fingerprint density at radius 2 is 1.53 bits per heavy atom. The van der Waals surface area contributed by atoms with Gasteiger partial charge in [0, 0.05) is 48.6 Å². The van der Waals surface area contributed by atoms with E-state index in [4.69, 9.17) is 9.97 Å². The van der Waals surface area contributed by atoms with E-state index in [9.17, 15) is 0 Å². The minimum absolute atomic E-state index is 0.696. The highest BCUT2D eigenvalue weighted by molar-refractivity contribution is 5.84. The summed E-state index contributed by atoms with van der Waals surface area (Å²) < 4.78 is 0. The van der Waals surface area contributed by atoms with E-state index in [1.54, 1.807) is 6.20 Å². The van der Waals surface area contributed by atoms with Crippen molar-refractivity contribution < 1.29 is 0 Å². The predicted molar refractivity (Wildman–Crippen MR) is 131 cm³/mol. The summed E-state index contributed by atoms with van der Waals surface area (Å²) in [4.78, 5) is 19.0. The van der Waals surface area contributed by atoms with E-state index in [0.717, 1.165) is 57.6 Å². The summed E-state index contributed by atoms with van der Waals surface area (Å²) in [6.07, 6.45) is 7.35. The molecule has 0 unspecified atom stereocenters. The molecule has 1 aliphatic heterocycles. The van der Waals surface area contributed by atoms with Crippen LogP contribution >= 0.6 is 0 Å². The number of aromatic nitrogens is 5. The highest BCUT2D eigenvalue weighted by Gasteiger charge is 2.50. The number of anilines is 3. The molecule has 0 radical (unpaired) electrons. The Morgan fingerprint density at radius 3 is 2.26 bits per heavy atom. The van der Waals surface area contributed by atoms with Gasteiger partial charge in [-0.05, 0) is 48.0 Å². The van der Waals surface area contributed by atoms with Crippen molar-refractivity contribution in [3.63, 3.8) is 0 Å². The molecule has 0 atom stereocenters. The van der Waals surface area contributed by atoms with Crippen LogP contribution in [0, 0.1) is 0 Å². The van der Waals surface area contributed by atoms with Crippen LogP contribution in [0.5, 0.6) is 0 Å². The first-order valence-electron chi connectivity index (χ1n) is 11.2. The van der Waals surface area contributed by atoms with Crippen molar-refractivity contribution >= 4 is 17.2 Å². The lowest BCUT2D eigenvalue weighted by Crippen LogP contribution is -2.31. The fourth-order valence-electron chi connectivity index (χ4n) is 5.46. The maximum absolute atomic E-state index is 4.91. The summed E-state index contributed by atoms with van der Waals surface area (Å²) in [7, 11) is 2.09. The van der Waals surface area contributed by atoms with Crippen LogP contribution in [0.2, 0.25) is 0 Å². The summed E-state index contributed by atoms with van der Waals surface area (Å²) in [5.41, 5.74) is 7.64. The van der Waals surface area contributed by atoms with E-state index in [0.29, 0.717) is 0 Å². The fraction of sp³-hybridized carbons (Fsp3) is 0.111. The van der Waals surface area contributed by atoms with Crippen LogP contribution in [0.3, 0.4) is 0 Å². The van der Waals surface area contributed by atoms with Crippen molar-refractivity contribution in [3.05, 3.63) is 114 Å². The monoisotopic (exact) mass is 443 g/mol. The number of aromatic amines is 1. The Kier molecular flexibility index (Phi) is 3.90. The number of nitrogens with one attached hydrogen (secondary N) is 1. The summed E-state index contributed by atoms with van der Waals surface area (Å²) >= 11 is 0. The van der Waals surface area contributed by atoms with Crippen molar-refractivity contribution in [1.29, 1.82) is 0 Å². The average molecular weight is 444 g/mol. The first-order valence-corrected chi connectivity index (χ1v) is 11.2. The van der Waals surface area contributed by atoms with Gasteiger partial charge in [-0.2, -0.15) is 5.10 Å². The number of hydrogen-bond donors (Lipinski definition) is 1. The third-order valence-corrected chi connectivity index (χ3v) is 6.90. The second-order valence-corrected chi connectivity index (χ2v) is 8.68. The first-order chi connectivity index (χ1) is 16.8. The number of benzene rings is 1. The Morgan fingerprint density at radius 1 is 0.794 bits per heavy atom. The van der Waals surface area contributed by atoms with Gasteiger partial charge in [0.15, 0.2) is 5.82 Å². The molecule has 7 nitrogen and oxygen atoms in total. The number of hydrogen-bond acceptors (Lipinski definition) is 6. The van der Waals surface area contributed by atoms with Crippen LogP contribution in [0.25, 0.3) is 11.1 Å². The van der Waals surface area contributed by atoms with Gasteiger partial charge in [-0.1, -0.05) is 24.3 Å². The smallest absolute Gasteiger partial charge is 0.158 e. The van der Waals surface area contributed by atoms with E-state index < -0.39 is 5.41 Å². The lowest BCUT2D eigenvalue weighted by Gasteiger charge is -2.30. The summed E-state index contributed by atoms with van der Waals surface area (Å²) in [6, 6.07) is 23.0. The zero-order valence-electron chi connectivity index (χ0n) is 18.6. The van der Waals surface area contributed by atoms with Crippen LogP contribution in [-0.4, -0.2) is 38.9 Å². The molecule has 5 heterocycles. The molecule has 5 aromatic rings. The Labute approximate surface area is 196 Å². The quantitative estimate of drug-likeness (QED) is 0.434. The molecule has 0 saturated carbocycles. The van der Waals surface area contributed by atoms with Crippen LogP contribution in [-0.2, 0) is 5.41 Å². The van der Waals surface area contributed by atoms with Crippen molar-refractivity contribution in [3.8, 4) is 11.1 Å². The topological polar surface area (TPSA) is 73.8 Å². The second-order valence-electron chi connectivity index (χ2n) is 8.68. The fourth-order valence-corrected chi connectivity index (χ4v) is 5.46. The van der Waals surface area contributed by atoms with Gasteiger partial charge in [0.05, 0.1) is 29.4 Å². The predicted octanol–water partition coefficient (Wildman–Crippen LogP) is 4.50. The van der Waals surface area contributed by atoms with Crippen molar-refractivity contribution in [2.45, 2.75) is 5.41 Å². The lowest BCUT2D eigenvalue weighted by atomic mass is 9.74.